The van der Waals surface area contributed by atoms with Crippen molar-refractivity contribution in [3.05, 3.63) is 28.5 Å². The van der Waals surface area contributed by atoms with E-state index in [-0.39, 0.29) is 16.8 Å². The highest BCUT2D eigenvalue weighted by atomic mass is 35.5. The number of halogens is 2. The number of piperidine rings is 1. The first-order chi connectivity index (χ1) is 7.20. The summed E-state index contributed by atoms with van der Waals surface area (Å²) in [6.07, 6.45) is 2.98. The van der Waals surface area contributed by atoms with Gasteiger partial charge in [-0.1, -0.05) is 18.0 Å². The van der Waals surface area contributed by atoms with Crippen LogP contribution in [-0.4, -0.2) is 11.7 Å². The van der Waals surface area contributed by atoms with Crippen molar-refractivity contribution in [1.29, 1.82) is 0 Å². The molecule has 0 radical (unpaired) electrons. The number of benzene rings is 1. The molecule has 1 fully saturated rings. The van der Waals surface area contributed by atoms with Gasteiger partial charge in [-0.2, -0.15) is 0 Å². The summed E-state index contributed by atoms with van der Waals surface area (Å²) in [4.78, 5) is 0. The van der Waals surface area contributed by atoms with E-state index in [0.29, 0.717) is 5.56 Å². The van der Waals surface area contributed by atoms with E-state index in [0.717, 1.165) is 25.8 Å². The Labute approximate surface area is 93.1 Å². The number of hydrogen-bond acceptors (Lipinski definition) is 2. The van der Waals surface area contributed by atoms with Crippen LogP contribution in [0.25, 0.3) is 0 Å². The molecular weight excluding hydrogens is 217 g/mol. The second kappa shape index (κ2) is 4.37. The summed E-state index contributed by atoms with van der Waals surface area (Å²) >= 11 is 5.76. The monoisotopic (exact) mass is 229 g/mol. The molecule has 2 nitrogen and oxygen atoms in total. The molecule has 0 amide bonds. The highest BCUT2D eigenvalue weighted by molar-refractivity contribution is 6.32. The Morgan fingerprint density at radius 3 is 2.87 bits per heavy atom. The summed E-state index contributed by atoms with van der Waals surface area (Å²) in [5.41, 5.74) is 0.308. The Kier molecular flexibility index (Phi) is 3.12. The zero-order valence-electron chi connectivity index (χ0n) is 8.26. The number of nitrogens with one attached hydrogen (secondary N) is 1. The van der Waals surface area contributed by atoms with Gasteiger partial charge in [0.05, 0.1) is 5.02 Å². The van der Waals surface area contributed by atoms with Crippen LogP contribution in [0, 0.1) is 5.82 Å². The number of phenols is 1. The van der Waals surface area contributed by atoms with Gasteiger partial charge in [-0.3, -0.25) is 0 Å². The van der Waals surface area contributed by atoms with Crippen LogP contribution in [-0.2, 0) is 0 Å². The highest BCUT2D eigenvalue weighted by Crippen LogP contribution is 2.36. The first-order valence-corrected chi connectivity index (χ1v) is 5.48. The van der Waals surface area contributed by atoms with Gasteiger partial charge in [0.2, 0.25) is 0 Å². The summed E-state index contributed by atoms with van der Waals surface area (Å²) in [7, 11) is 0. The van der Waals surface area contributed by atoms with E-state index in [2.05, 4.69) is 5.32 Å². The maximum atomic E-state index is 13.6. The Morgan fingerprint density at radius 2 is 2.20 bits per heavy atom. The molecule has 82 valence electrons. The molecule has 1 saturated heterocycles. The number of hydrogen-bond donors (Lipinski definition) is 2. The van der Waals surface area contributed by atoms with Crippen molar-refractivity contribution in [2.75, 3.05) is 6.54 Å². The third-order valence-corrected chi connectivity index (χ3v) is 3.08. The van der Waals surface area contributed by atoms with Crippen molar-refractivity contribution < 1.29 is 9.50 Å². The van der Waals surface area contributed by atoms with Gasteiger partial charge in [-0.05, 0) is 31.5 Å². The summed E-state index contributed by atoms with van der Waals surface area (Å²) in [5, 5.41) is 13.1. The number of aromatic hydroxyl groups is 1. The Balaban J connectivity index is 2.36. The fraction of sp³-hybridized carbons (Fsp3) is 0.455. The van der Waals surface area contributed by atoms with Crippen molar-refractivity contribution >= 4 is 11.6 Å². The molecule has 2 N–H and O–H groups in total. The van der Waals surface area contributed by atoms with Crippen LogP contribution in [0.3, 0.4) is 0 Å². The van der Waals surface area contributed by atoms with Crippen LogP contribution in [0.4, 0.5) is 4.39 Å². The number of rotatable bonds is 1. The standard InChI is InChI=1S/C11H13ClFNO/c12-7-4-5-8(13)10(11(7)15)9-3-1-2-6-14-9/h4-5,9,14-15H,1-3,6H2/t9-/m1/s1. The average Bonchev–Trinajstić information content (AvgIpc) is 2.26. The molecular formula is C11H13ClFNO. The van der Waals surface area contributed by atoms with Crippen molar-refractivity contribution in [2.24, 2.45) is 0 Å². The van der Waals surface area contributed by atoms with Crippen molar-refractivity contribution in [2.45, 2.75) is 25.3 Å². The predicted octanol–water partition coefficient (Wildman–Crippen LogP) is 3.00. The van der Waals surface area contributed by atoms with Crippen LogP contribution < -0.4 is 5.32 Å². The maximum absolute atomic E-state index is 13.6. The van der Waals surface area contributed by atoms with E-state index in [1.54, 1.807) is 0 Å². The molecule has 0 saturated carbocycles. The van der Waals surface area contributed by atoms with Crippen LogP contribution in [0.15, 0.2) is 12.1 Å². The fourth-order valence-corrected chi connectivity index (χ4v) is 2.15. The molecule has 1 aliphatic rings. The predicted molar refractivity (Wildman–Crippen MR) is 57.7 cm³/mol. The zero-order valence-corrected chi connectivity index (χ0v) is 9.02. The van der Waals surface area contributed by atoms with Gasteiger partial charge in [-0.25, -0.2) is 4.39 Å². The second-order valence-electron chi connectivity index (χ2n) is 3.79. The topological polar surface area (TPSA) is 32.3 Å². The van der Waals surface area contributed by atoms with E-state index in [1.807, 2.05) is 0 Å². The molecule has 1 aliphatic heterocycles. The molecule has 1 aromatic carbocycles. The molecule has 0 spiro atoms. The van der Waals surface area contributed by atoms with Crippen molar-refractivity contribution in [3.63, 3.8) is 0 Å². The Morgan fingerprint density at radius 1 is 1.40 bits per heavy atom. The third kappa shape index (κ3) is 2.08. The molecule has 1 atom stereocenters. The first kappa shape index (κ1) is 10.7. The third-order valence-electron chi connectivity index (χ3n) is 2.77. The molecule has 0 bridgehead atoms. The molecule has 4 heteroatoms. The lowest BCUT2D eigenvalue weighted by Gasteiger charge is -2.25. The van der Waals surface area contributed by atoms with Crippen LogP contribution >= 0.6 is 11.6 Å². The molecule has 0 unspecified atom stereocenters. The van der Waals surface area contributed by atoms with Gasteiger partial charge in [-0.15, -0.1) is 0 Å². The first-order valence-electron chi connectivity index (χ1n) is 5.10. The molecule has 0 aliphatic carbocycles. The van der Waals surface area contributed by atoms with Crippen LogP contribution in [0.5, 0.6) is 5.75 Å². The van der Waals surface area contributed by atoms with E-state index in [4.69, 9.17) is 11.6 Å². The van der Waals surface area contributed by atoms with Crippen molar-refractivity contribution in [1.82, 2.24) is 5.32 Å². The quantitative estimate of drug-likeness (QED) is 0.776. The van der Waals surface area contributed by atoms with E-state index < -0.39 is 5.82 Å². The van der Waals surface area contributed by atoms with Gasteiger partial charge in [0, 0.05) is 11.6 Å². The van der Waals surface area contributed by atoms with Gasteiger partial charge < -0.3 is 10.4 Å². The van der Waals surface area contributed by atoms with Gasteiger partial charge in [0.1, 0.15) is 11.6 Å². The highest BCUT2D eigenvalue weighted by Gasteiger charge is 2.22. The fourth-order valence-electron chi connectivity index (χ4n) is 1.99. The molecule has 1 aromatic rings. The van der Waals surface area contributed by atoms with Gasteiger partial charge in [0.25, 0.3) is 0 Å². The largest absolute Gasteiger partial charge is 0.506 e. The van der Waals surface area contributed by atoms with E-state index >= 15 is 0 Å². The minimum atomic E-state index is -0.392. The maximum Gasteiger partial charge on any atom is 0.141 e. The van der Waals surface area contributed by atoms with Crippen LogP contribution in [0.1, 0.15) is 30.9 Å². The molecule has 1 heterocycles. The normalized spacial score (nSPS) is 21.6. The molecule has 2 rings (SSSR count). The lowest BCUT2D eigenvalue weighted by Crippen LogP contribution is -2.27. The summed E-state index contributed by atoms with van der Waals surface area (Å²) < 4.78 is 13.6. The van der Waals surface area contributed by atoms with Gasteiger partial charge >= 0.3 is 0 Å². The summed E-state index contributed by atoms with van der Waals surface area (Å²) in [6, 6.07) is 2.56. The Hall–Kier alpha value is -0.800. The SMILES string of the molecule is Oc1c(Cl)ccc(F)c1[C@H]1CCCCN1. The van der Waals surface area contributed by atoms with E-state index in [1.165, 1.54) is 12.1 Å². The summed E-state index contributed by atoms with van der Waals surface area (Å²) in [6.45, 7) is 0.857. The second-order valence-corrected chi connectivity index (χ2v) is 4.20. The average molecular weight is 230 g/mol. The lowest BCUT2D eigenvalue weighted by molar-refractivity contribution is 0.377. The molecule has 0 aromatic heterocycles. The van der Waals surface area contributed by atoms with Gasteiger partial charge in [0.15, 0.2) is 0 Å². The van der Waals surface area contributed by atoms with Crippen LogP contribution in [0.2, 0.25) is 5.02 Å². The Bertz CT molecular complexity index is 364. The summed E-state index contributed by atoms with van der Waals surface area (Å²) in [5.74, 6) is -0.521. The smallest absolute Gasteiger partial charge is 0.141 e. The zero-order chi connectivity index (χ0) is 10.8. The lowest BCUT2D eigenvalue weighted by atomic mass is 9.96. The van der Waals surface area contributed by atoms with E-state index in [9.17, 15) is 9.50 Å². The minimum Gasteiger partial charge on any atom is -0.506 e. The minimum absolute atomic E-state index is 0.113. The number of phenolic OH excluding ortho intramolecular Hbond substituents is 1. The van der Waals surface area contributed by atoms with Crippen molar-refractivity contribution in [3.8, 4) is 5.75 Å². The molecule has 15 heavy (non-hydrogen) atoms.